The fourth-order valence-electron chi connectivity index (χ4n) is 2.72. The van der Waals surface area contributed by atoms with Crippen molar-refractivity contribution in [2.75, 3.05) is 5.32 Å². The molecule has 2 aromatic rings. The Balaban J connectivity index is 1.89. The van der Waals surface area contributed by atoms with E-state index in [2.05, 4.69) is 38.8 Å². The Morgan fingerprint density at radius 1 is 1.38 bits per heavy atom. The zero-order valence-electron chi connectivity index (χ0n) is 13.0. The van der Waals surface area contributed by atoms with Gasteiger partial charge in [0.05, 0.1) is 6.04 Å². The monoisotopic (exact) mass is 285 g/mol. The van der Waals surface area contributed by atoms with Crippen molar-refractivity contribution in [3.8, 4) is 0 Å². The standard InChI is InChI=1S/C16H23N5/c1-4-5-13-10-18-11(2)19-15(13)20-14(12-6-7-12)16-17-8-9-21(16)3/h8-10,12,14H,4-7H2,1-3H3,(H,18,19,20)/t14-/m0/s1. The maximum atomic E-state index is 4.62. The van der Waals surface area contributed by atoms with E-state index < -0.39 is 0 Å². The Kier molecular flexibility index (Phi) is 3.90. The highest BCUT2D eigenvalue weighted by Gasteiger charge is 2.35. The SMILES string of the molecule is CCCc1cnc(C)nc1N[C@H](c1nccn1C)C1CC1. The number of aromatic nitrogens is 4. The molecule has 0 bridgehead atoms. The summed E-state index contributed by atoms with van der Waals surface area (Å²) in [5.41, 5.74) is 1.20. The molecule has 5 nitrogen and oxygen atoms in total. The van der Waals surface area contributed by atoms with E-state index in [0.29, 0.717) is 5.92 Å². The second kappa shape index (κ2) is 5.84. The first-order valence-electron chi connectivity index (χ1n) is 7.75. The summed E-state index contributed by atoms with van der Waals surface area (Å²) in [5.74, 6) is 3.54. The molecule has 1 saturated carbocycles. The van der Waals surface area contributed by atoms with Gasteiger partial charge in [0.15, 0.2) is 0 Å². The molecule has 1 aliphatic rings. The van der Waals surface area contributed by atoms with Gasteiger partial charge in [-0.2, -0.15) is 0 Å². The molecule has 1 atom stereocenters. The van der Waals surface area contributed by atoms with Gasteiger partial charge in [-0.1, -0.05) is 13.3 Å². The quantitative estimate of drug-likeness (QED) is 0.886. The predicted molar refractivity (Wildman–Crippen MR) is 83.1 cm³/mol. The lowest BCUT2D eigenvalue weighted by atomic mass is 10.1. The lowest BCUT2D eigenvalue weighted by Crippen LogP contribution is -2.19. The van der Waals surface area contributed by atoms with Crippen molar-refractivity contribution >= 4 is 5.82 Å². The number of rotatable bonds is 6. The number of hydrogen-bond donors (Lipinski definition) is 1. The highest BCUT2D eigenvalue weighted by molar-refractivity contribution is 5.45. The molecule has 0 radical (unpaired) electrons. The summed E-state index contributed by atoms with van der Waals surface area (Å²) in [6.07, 6.45) is 10.4. The molecular formula is C16H23N5. The molecule has 0 amide bonds. The fraction of sp³-hybridized carbons (Fsp3) is 0.562. The number of nitrogens with zero attached hydrogens (tertiary/aromatic N) is 4. The van der Waals surface area contributed by atoms with Gasteiger partial charge in [0.25, 0.3) is 0 Å². The highest BCUT2D eigenvalue weighted by atomic mass is 15.1. The van der Waals surface area contributed by atoms with Gasteiger partial charge in [-0.15, -0.1) is 0 Å². The Morgan fingerprint density at radius 3 is 2.81 bits per heavy atom. The van der Waals surface area contributed by atoms with Crippen LogP contribution in [-0.2, 0) is 13.5 Å². The summed E-state index contributed by atoms with van der Waals surface area (Å²) in [4.78, 5) is 13.5. The number of aryl methyl sites for hydroxylation is 3. The number of anilines is 1. The van der Waals surface area contributed by atoms with Gasteiger partial charge in [-0.3, -0.25) is 0 Å². The van der Waals surface area contributed by atoms with E-state index in [1.54, 1.807) is 0 Å². The molecule has 0 spiro atoms. The van der Waals surface area contributed by atoms with Crippen molar-refractivity contribution in [2.45, 2.75) is 45.6 Å². The van der Waals surface area contributed by atoms with Gasteiger partial charge in [-0.05, 0) is 32.1 Å². The molecule has 2 heterocycles. The smallest absolute Gasteiger partial charge is 0.133 e. The average Bonchev–Trinajstić information content (AvgIpc) is 3.21. The van der Waals surface area contributed by atoms with Crippen LogP contribution in [0.2, 0.25) is 0 Å². The third kappa shape index (κ3) is 3.06. The Labute approximate surface area is 125 Å². The van der Waals surface area contributed by atoms with E-state index in [-0.39, 0.29) is 6.04 Å². The summed E-state index contributed by atoms with van der Waals surface area (Å²) in [6, 6.07) is 0.245. The highest BCUT2D eigenvalue weighted by Crippen LogP contribution is 2.42. The van der Waals surface area contributed by atoms with Crippen molar-refractivity contribution in [2.24, 2.45) is 13.0 Å². The molecule has 3 rings (SSSR count). The molecule has 0 unspecified atom stereocenters. The normalized spacial score (nSPS) is 16.0. The molecule has 0 aromatic carbocycles. The zero-order chi connectivity index (χ0) is 14.8. The van der Waals surface area contributed by atoms with Gasteiger partial charge in [0, 0.05) is 31.2 Å². The van der Waals surface area contributed by atoms with Crippen molar-refractivity contribution < 1.29 is 0 Å². The van der Waals surface area contributed by atoms with Crippen LogP contribution in [0.4, 0.5) is 5.82 Å². The maximum absolute atomic E-state index is 4.62. The number of nitrogens with one attached hydrogen (secondary N) is 1. The number of imidazole rings is 1. The van der Waals surface area contributed by atoms with Crippen molar-refractivity contribution in [3.63, 3.8) is 0 Å². The van der Waals surface area contributed by atoms with Crippen LogP contribution in [0.15, 0.2) is 18.6 Å². The zero-order valence-corrected chi connectivity index (χ0v) is 13.0. The molecule has 0 aliphatic heterocycles. The van der Waals surface area contributed by atoms with Crippen LogP contribution in [0.1, 0.15) is 49.4 Å². The van der Waals surface area contributed by atoms with Gasteiger partial charge in [0.1, 0.15) is 17.5 Å². The molecule has 2 aromatic heterocycles. The van der Waals surface area contributed by atoms with Crippen LogP contribution in [-0.4, -0.2) is 19.5 Å². The average molecular weight is 285 g/mol. The van der Waals surface area contributed by atoms with Crippen LogP contribution >= 0.6 is 0 Å². The first kappa shape index (κ1) is 14.0. The second-order valence-corrected chi connectivity index (χ2v) is 5.90. The van der Waals surface area contributed by atoms with E-state index in [1.807, 2.05) is 25.5 Å². The van der Waals surface area contributed by atoms with E-state index in [9.17, 15) is 0 Å². The molecule has 5 heteroatoms. The summed E-state index contributed by atoms with van der Waals surface area (Å²) in [7, 11) is 2.05. The summed E-state index contributed by atoms with van der Waals surface area (Å²) >= 11 is 0. The third-order valence-electron chi connectivity index (χ3n) is 4.03. The minimum atomic E-state index is 0.245. The van der Waals surface area contributed by atoms with E-state index in [0.717, 1.165) is 30.3 Å². The van der Waals surface area contributed by atoms with Gasteiger partial charge in [0.2, 0.25) is 0 Å². The van der Waals surface area contributed by atoms with Crippen molar-refractivity contribution in [3.05, 3.63) is 35.8 Å². The van der Waals surface area contributed by atoms with E-state index in [1.165, 1.54) is 18.4 Å². The Hall–Kier alpha value is -1.91. The van der Waals surface area contributed by atoms with Crippen LogP contribution < -0.4 is 5.32 Å². The fourth-order valence-corrected chi connectivity index (χ4v) is 2.72. The lowest BCUT2D eigenvalue weighted by molar-refractivity contribution is 0.602. The summed E-state index contributed by atoms with van der Waals surface area (Å²) in [5, 5.41) is 3.64. The van der Waals surface area contributed by atoms with Crippen LogP contribution in [0.5, 0.6) is 0 Å². The largest absolute Gasteiger partial charge is 0.359 e. The van der Waals surface area contributed by atoms with Gasteiger partial charge < -0.3 is 9.88 Å². The molecule has 21 heavy (non-hydrogen) atoms. The first-order chi connectivity index (χ1) is 10.2. The van der Waals surface area contributed by atoms with Crippen LogP contribution in [0, 0.1) is 12.8 Å². The Bertz CT molecular complexity index is 615. The molecule has 0 saturated heterocycles. The topological polar surface area (TPSA) is 55.6 Å². The molecule has 1 aliphatic carbocycles. The Morgan fingerprint density at radius 2 is 2.19 bits per heavy atom. The third-order valence-corrected chi connectivity index (χ3v) is 4.03. The predicted octanol–water partition coefficient (Wildman–Crippen LogP) is 3.03. The van der Waals surface area contributed by atoms with Gasteiger partial charge in [-0.25, -0.2) is 15.0 Å². The first-order valence-corrected chi connectivity index (χ1v) is 7.75. The van der Waals surface area contributed by atoms with Crippen molar-refractivity contribution in [1.29, 1.82) is 0 Å². The minimum Gasteiger partial charge on any atom is -0.359 e. The van der Waals surface area contributed by atoms with Gasteiger partial charge >= 0.3 is 0 Å². The minimum absolute atomic E-state index is 0.245. The van der Waals surface area contributed by atoms with Crippen LogP contribution in [0.25, 0.3) is 0 Å². The van der Waals surface area contributed by atoms with Crippen molar-refractivity contribution in [1.82, 2.24) is 19.5 Å². The number of hydrogen-bond acceptors (Lipinski definition) is 4. The molecule has 112 valence electrons. The molecule has 1 N–H and O–H groups in total. The second-order valence-electron chi connectivity index (χ2n) is 5.90. The van der Waals surface area contributed by atoms with E-state index >= 15 is 0 Å². The molecular weight excluding hydrogens is 262 g/mol. The molecule has 1 fully saturated rings. The lowest BCUT2D eigenvalue weighted by Gasteiger charge is -2.20. The summed E-state index contributed by atoms with van der Waals surface area (Å²) in [6.45, 7) is 4.12. The maximum Gasteiger partial charge on any atom is 0.133 e. The van der Waals surface area contributed by atoms with Crippen LogP contribution in [0.3, 0.4) is 0 Å². The van der Waals surface area contributed by atoms with E-state index in [4.69, 9.17) is 0 Å². The summed E-state index contributed by atoms with van der Waals surface area (Å²) < 4.78 is 2.10.